The summed E-state index contributed by atoms with van der Waals surface area (Å²) in [5.41, 5.74) is 8.81. The predicted octanol–water partition coefficient (Wildman–Crippen LogP) is 1.01. The monoisotopic (exact) mass is 244 g/mol. The van der Waals surface area contributed by atoms with E-state index in [2.05, 4.69) is 0 Å². The Morgan fingerprint density at radius 2 is 1.94 bits per heavy atom. The van der Waals surface area contributed by atoms with Crippen LogP contribution in [0.25, 0.3) is 5.57 Å². The SMILES string of the molecule is Cc1ccc(C2=CC(=O)N(CCN)C2=O)c(C)c1. The Morgan fingerprint density at radius 3 is 2.56 bits per heavy atom. The summed E-state index contributed by atoms with van der Waals surface area (Å²) in [5.74, 6) is -0.530. The van der Waals surface area contributed by atoms with Gasteiger partial charge in [0, 0.05) is 19.2 Å². The van der Waals surface area contributed by atoms with E-state index in [0.29, 0.717) is 5.57 Å². The molecule has 1 aromatic rings. The number of aryl methyl sites for hydroxylation is 2. The quantitative estimate of drug-likeness (QED) is 0.807. The maximum atomic E-state index is 12.1. The van der Waals surface area contributed by atoms with Gasteiger partial charge in [0.05, 0.1) is 5.57 Å². The van der Waals surface area contributed by atoms with Gasteiger partial charge in [-0.3, -0.25) is 14.5 Å². The van der Waals surface area contributed by atoms with E-state index in [9.17, 15) is 9.59 Å². The first kappa shape index (κ1) is 12.5. The Bertz CT molecular complexity index is 547. The Kier molecular flexibility index (Phi) is 3.30. The molecule has 2 N–H and O–H groups in total. The van der Waals surface area contributed by atoms with E-state index in [1.165, 1.54) is 11.0 Å². The molecular formula is C14H16N2O2. The van der Waals surface area contributed by atoms with Crippen LogP contribution < -0.4 is 5.73 Å². The summed E-state index contributed by atoms with van der Waals surface area (Å²) >= 11 is 0. The van der Waals surface area contributed by atoms with Gasteiger partial charge in [-0.15, -0.1) is 0 Å². The molecule has 2 amide bonds. The van der Waals surface area contributed by atoms with Gasteiger partial charge in [0.1, 0.15) is 0 Å². The van der Waals surface area contributed by atoms with E-state index < -0.39 is 0 Å². The molecule has 0 aromatic heterocycles. The summed E-state index contributed by atoms with van der Waals surface area (Å²) in [6, 6.07) is 5.82. The molecule has 0 fully saturated rings. The van der Waals surface area contributed by atoms with Crippen LogP contribution >= 0.6 is 0 Å². The zero-order valence-electron chi connectivity index (χ0n) is 10.6. The molecule has 4 nitrogen and oxygen atoms in total. The molecule has 0 unspecified atom stereocenters. The molecule has 0 aliphatic carbocycles. The minimum Gasteiger partial charge on any atom is -0.329 e. The van der Waals surface area contributed by atoms with E-state index in [1.807, 2.05) is 32.0 Å². The minimum absolute atomic E-state index is 0.252. The number of carbonyl (C=O) groups is 2. The number of imide groups is 1. The van der Waals surface area contributed by atoms with Gasteiger partial charge in [-0.25, -0.2) is 0 Å². The van der Waals surface area contributed by atoms with Crippen molar-refractivity contribution in [1.82, 2.24) is 4.90 Å². The average molecular weight is 244 g/mol. The highest BCUT2D eigenvalue weighted by Crippen LogP contribution is 2.26. The van der Waals surface area contributed by atoms with Crippen molar-refractivity contribution in [3.05, 3.63) is 41.0 Å². The largest absolute Gasteiger partial charge is 0.329 e. The third-order valence-electron chi connectivity index (χ3n) is 3.03. The molecule has 0 saturated heterocycles. The average Bonchev–Trinajstić information content (AvgIpc) is 2.58. The molecule has 0 radical (unpaired) electrons. The predicted molar refractivity (Wildman–Crippen MR) is 69.7 cm³/mol. The second kappa shape index (κ2) is 4.74. The van der Waals surface area contributed by atoms with Crippen LogP contribution in [0.4, 0.5) is 0 Å². The molecule has 0 atom stereocenters. The van der Waals surface area contributed by atoms with E-state index in [1.54, 1.807) is 0 Å². The van der Waals surface area contributed by atoms with Crippen LogP contribution in [0.3, 0.4) is 0 Å². The Morgan fingerprint density at radius 1 is 1.22 bits per heavy atom. The van der Waals surface area contributed by atoms with Crippen LogP contribution in [0.2, 0.25) is 0 Å². The highest BCUT2D eigenvalue weighted by Gasteiger charge is 2.31. The zero-order valence-corrected chi connectivity index (χ0v) is 10.6. The fourth-order valence-electron chi connectivity index (χ4n) is 2.16. The van der Waals surface area contributed by atoms with Crippen LogP contribution in [0.1, 0.15) is 16.7 Å². The Labute approximate surface area is 106 Å². The van der Waals surface area contributed by atoms with E-state index >= 15 is 0 Å². The van der Waals surface area contributed by atoms with E-state index in [0.717, 1.165) is 16.7 Å². The molecule has 94 valence electrons. The second-order valence-electron chi connectivity index (χ2n) is 4.46. The topological polar surface area (TPSA) is 63.4 Å². The standard InChI is InChI=1S/C14H16N2O2/c1-9-3-4-11(10(2)7-9)12-8-13(17)16(6-5-15)14(12)18/h3-4,7-8H,5-6,15H2,1-2H3. The van der Waals surface area contributed by atoms with Gasteiger partial charge in [0.15, 0.2) is 0 Å². The van der Waals surface area contributed by atoms with Gasteiger partial charge in [-0.2, -0.15) is 0 Å². The van der Waals surface area contributed by atoms with Crippen molar-refractivity contribution in [2.75, 3.05) is 13.1 Å². The molecule has 1 aliphatic heterocycles. The molecule has 1 heterocycles. The maximum absolute atomic E-state index is 12.1. The molecule has 1 aliphatic rings. The summed E-state index contributed by atoms with van der Waals surface area (Å²) < 4.78 is 0. The molecule has 4 heteroatoms. The minimum atomic E-state index is -0.277. The lowest BCUT2D eigenvalue weighted by atomic mass is 9.99. The molecule has 0 spiro atoms. The van der Waals surface area contributed by atoms with Crippen molar-refractivity contribution in [2.24, 2.45) is 5.73 Å². The van der Waals surface area contributed by atoms with E-state index in [4.69, 9.17) is 5.73 Å². The van der Waals surface area contributed by atoms with Gasteiger partial charge in [-0.1, -0.05) is 23.8 Å². The summed E-state index contributed by atoms with van der Waals surface area (Å²) in [6.45, 7) is 4.48. The molecule has 18 heavy (non-hydrogen) atoms. The van der Waals surface area contributed by atoms with Crippen molar-refractivity contribution in [2.45, 2.75) is 13.8 Å². The normalized spacial score (nSPS) is 15.3. The third kappa shape index (κ3) is 2.07. The van der Waals surface area contributed by atoms with Crippen LogP contribution in [0.15, 0.2) is 24.3 Å². The number of hydrogen-bond donors (Lipinski definition) is 1. The molecule has 1 aromatic carbocycles. The molecule has 2 rings (SSSR count). The van der Waals surface area contributed by atoms with E-state index in [-0.39, 0.29) is 24.9 Å². The lowest BCUT2D eigenvalue weighted by Gasteiger charge is -2.14. The summed E-state index contributed by atoms with van der Waals surface area (Å²) in [4.78, 5) is 25.0. The van der Waals surface area contributed by atoms with Gasteiger partial charge in [0.25, 0.3) is 11.8 Å². The second-order valence-corrected chi connectivity index (χ2v) is 4.46. The molecular weight excluding hydrogens is 228 g/mol. The third-order valence-corrected chi connectivity index (χ3v) is 3.03. The summed E-state index contributed by atoms with van der Waals surface area (Å²) in [5, 5.41) is 0. The van der Waals surface area contributed by atoms with Gasteiger partial charge in [0.2, 0.25) is 0 Å². The molecule has 0 saturated carbocycles. The number of nitrogens with two attached hydrogens (primary N) is 1. The van der Waals surface area contributed by atoms with Crippen LogP contribution in [-0.2, 0) is 9.59 Å². The number of hydrogen-bond acceptors (Lipinski definition) is 3. The summed E-state index contributed by atoms with van der Waals surface area (Å²) in [7, 11) is 0. The lowest BCUT2D eigenvalue weighted by molar-refractivity contribution is -0.136. The highest BCUT2D eigenvalue weighted by atomic mass is 16.2. The van der Waals surface area contributed by atoms with Crippen molar-refractivity contribution in [1.29, 1.82) is 0 Å². The van der Waals surface area contributed by atoms with Crippen molar-refractivity contribution in [3.63, 3.8) is 0 Å². The number of benzene rings is 1. The van der Waals surface area contributed by atoms with Crippen molar-refractivity contribution >= 4 is 17.4 Å². The number of amides is 2. The smallest absolute Gasteiger partial charge is 0.261 e. The zero-order chi connectivity index (χ0) is 13.3. The summed E-state index contributed by atoms with van der Waals surface area (Å²) in [6.07, 6.45) is 1.40. The van der Waals surface area contributed by atoms with Crippen LogP contribution in [0, 0.1) is 13.8 Å². The Hall–Kier alpha value is -1.94. The first-order chi connectivity index (χ1) is 8.54. The van der Waals surface area contributed by atoms with Crippen LogP contribution in [0.5, 0.6) is 0 Å². The number of rotatable bonds is 3. The maximum Gasteiger partial charge on any atom is 0.261 e. The fraction of sp³-hybridized carbons (Fsp3) is 0.286. The van der Waals surface area contributed by atoms with Gasteiger partial charge >= 0.3 is 0 Å². The van der Waals surface area contributed by atoms with Gasteiger partial charge < -0.3 is 5.73 Å². The first-order valence-corrected chi connectivity index (χ1v) is 5.90. The van der Waals surface area contributed by atoms with Crippen molar-refractivity contribution < 1.29 is 9.59 Å². The first-order valence-electron chi connectivity index (χ1n) is 5.90. The van der Waals surface area contributed by atoms with Gasteiger partial charge in [-0.05, 0) is 25.0 Å². The highest BCUT2D eigenvalue weighted by molar-refractivity contribution is 6.33. The number of carbonyl (C=O) groups excluding carboxylic acids is 2. The van der Waals surface area contributed by atoms with Crippen LogP contribution in [-0.4, -0.2) is 29.8 Å². The number of nitrogens with zero attached hydrogens (tertiary/aromatic N) is 1. The lowest BCUT2D eigenvalue weighted by Crippen LogP contribution is -2.35. The fourth-order valence-corrected chi connectivity index (χ4v) is 2.16. The van der Waals surface area contributed by atoms with Crippen molar-refractivity contribution in [3.8, 4) is 0 Å². The Balaban J connectivity index is 2.38. The molecule has 0 bridgehead atoms.